The lowest BCUT2D eigenvalue weighted by Crippen LogP contribution is -2.22. The van der Waals surface area contributed by atoms with Crippen LogP contribution in [-0.4, -0.2) is 34.8 Å². The van der Waals surface area contributed by atoms with Crippen molar-refractivity contribution >= 4 is 33.3 Å². The number of nitrogens with one attached hydrogen (secondary N) is 3. The van der Waals surface area contributed by atoms with Crippen LogP contribution in [0.3, 0.4) is 0 Å². The number of primary amides is 1. The molecule has 0 bridgehead atoms. The molecule has 9 nitrogen and oxygen atoms in total. The number of aromatic nitrogens is 3. The quantitative estimate of drug-likeness (QED) is 0.418. The second-order valence-corrected chi connectivity index (χ2v) is 9.23. The first-order chi connectivity index (χ1) is 14.9. The summed E-state index contributed by atoms with van der Waals surface area (Å²) in [5.41, 5.74) is 5.22. The van der Waals surface area contributed by atoms with Crippen molar-refractivity contribution in [3.63, 3.8) is 0 Å². The van der Waals surface area contributed by atoms with E-state index in [1.807, 2.05) is 0 Å². The van der Waals surface area contributed by atoms with E-state index in [-0.39, 0.29) is 22.9 Å². The maximum atomic E-state index is 12.9. The number of anilines is 3. The topological polar surface area (TPSA) is 143 Å². The number of nitrogens with two attached hydrogens (primary N) is 1. The van der Waals surface area contributed by atoms with Crippen LogP contribution in [-0.2, 0) is 16.2 Å². The number of benzene rings is 1. The van der Waals surface area contributed by atoms with Gasteiger partial charge >= 0.3 is 6.18 Å². The van der Waals surface area contributed by atoms with E-state index < -0.39 is 33.1 Å². The van der Waals surface area contributed by atoms with Crippen molar-refractivity contribution < 1.29 is 26.4 Å². The largest absolute Gasteiger partial charge is 0.433 e. The van der Waals surface area contributed by atoms with E-state index in [0.29, 0.717) is 11.3 Å². The van der Waals surface area contributed by atoms with Gasteiger partial charge in [0.05, 0.1) is 10.9 Å². The third-order valence-corrected chi connectivity index (χ3v) is 6.11. The predicted molar refractivity (Wildman–Crippen MR) is 113 cm³/mol. The molecule has 0 unspecified atom stereocenters. The lowest BCUT2D eigenvalue weighted by Gasteiger charge is -2.11. The van der Waals surface area contributed by atoms with E-state index in [2.05, 4.69) is 25.2 Å². The number of H-pyrrole nitrogens is 1. The highest BCUT2D eigenvalue weighted by molar-refractivity contribution is 7.93. The standard InChI is InChI=1S/C19H19F3N6O3S/c1-10(2)32(30,31)28-12-8-6-11(7-9-12)16-15(17(23)29)18(27-26-16)25-14-5-3-4-13(24-14)19(20,21)22/h3-10,28H,1-2H3,(H2,23,29)(H2,24,25,26,27). The van der Waals surface area contributed by atoms with Crippen molar-refractivity contribution in [1.29, 1.82) is 0 Å². The molecule has 3 rings (SSSR count). The van der Waals surface area contributed by atoms with Gasteiger partial charge in [0.25, 0.3) is 5.91 Å². The summed E-state index contributed by atoms with van der Waals surface area (Å²) in [4.78, 5) is 15.5. The van der Waals surface area contributed by atoms with Gasteiger partial charge in [-0.3, -0.25) is 14.6 Å². The van der Waals surface area contributed by atoms with Gasteiger partial charge in [0.15, 0.2) is 5.82 Å². The summed E-state index contributed by atoms with van der Waals surface area (Å²) >= 11 is 0. The molecule has 0 aliphatic heterocycles. The number of hydrogen-bond acceptors (Lipinski definition) is 6. The van der Waals surface area contributed by atoms with Crippen LogP contribution in [0.5, 0.6) is 0 Å². The minimum atomic E-state index is -4.64. The van der Waals surface area contributed by atoms with E-state index in [4.69, 9.17) is 5.73 Å². The number of aromatic amines is 1. The Morgan fingerprint density at radius 2 is 1.78 bits per heavy atom. The third-order valence-electron chi connectivity index (χ3n) is 4.35. The van der Waals surface area contributed by atoms with E-state index in [1.165, 1.54) is 44.2 Å². The van der Waals surface area contributed by atoms with Crippen LogP contribution < -0.4 is 15.8 Å². The van der Waals surface area contributed by atoms with Crippen molar-refractivity contribution in [1.82, 2.24) is 15.2 Å². The number of carbonyl (C=O) groups is 1. The molecular formula is C19H19F3N6O3S. The summed E-state index contributed by atoms with van der Waals surface area (Å²) in [5, 5.41) is 8.49. The highest BCUT2D eigenvalue weighted by Crippen LogP contribution is 2.31. The Balaban J connectivity index is 1.91. The van der Waals surface area contributed by atoms with E-state index in [9.17, 15) is 26.4 Å². The number of sulfonamides is 1. The highest BCUT2D eigenvalue weighted by atomic mass is 32.2. The lowest BCUT2D eigenvalue weighted by atomic mass is 10.1. The first-order valence-electron chi connectivity index (χ1n) is 9.20. The van der Waals surface area contributed by atoms with E-state index >= 15 is 0 Å². The monoisotopic (exact) mass is 468 g/mol. The number of hydrogen-bond donors (Lipinski definition) is 4. The Labute approximate surface area is 181 Å². The lowest BCUT2D eigenvalue weighted by molar-refractivity contribution is -0.141. The normalized spacial score (nSPS) is 12.1. The first-order valence-corrected chi connectivity index (χ1v) is 10.7. The van der Waals surface area contributed by atoms with Crippen LogP contribution in [0, 0.1) is 0 Å². The van der Waals surface area contributed by atoms with Crippen LogP contribution in [0.25, 0.3) is 11.3 Å². The second-order valence-electron chi connectivity index (χ2n) is 6.99. The number of carbonyl (C=O) groups excluding carboxylic acids is 1. The molecule has 0 fully saturated rings. The zero-order valence-electron chi connectivity index (χ0n) is 16.9. The van der Waals surface area contributed by atoms with Crippen LogP contribution in [0.2, 0.25) is 0 Å². The minimum absolute atomic E-state index is 0.0975. The summed E-state index contributed by atoms with van der Waals surface area (Å²) < 4.78 is 65.1. The number of nitrogens with zero attached hydrogens (tertiary/aromatic N) is 2. The van der Waals surface area contributed by atoms with Gasteiger partial charge in [-0.05, 0) is 38.1 Å². The predicted octanol–water partition coefficient (Wildman–Crippen LogP) is 3.48. The molecular weight excluding hydrogens is 449 g/mol. The molecule has 0 saturated heterocycles. The van der Waals surface area contributed by atoms with Gasteiger partial charge in [-0.25, -0.2) is 13.4 Å². The molecule has 0 saturated carbocycles. The van der Waals surface area contributed by atoms with Crippen LogP contribution in [0.1, 0.15) is 29.9 Å². The SMILES string of the molecule is CC(C)S(=O)(=O)Nc1ccc(-c2[nH]nc(Nc3cccc(C(F)(F)F)n3)c2C(N)=O)cc1. The molecule has 0 radical (unpaired) electrons. The Kier molecular flexibility index (Phi) is 6.12. The number of rotatable bonds is 7. The van der Waals surface area contributed by atoms with E-state index in [1.54, 1.807) is 0 Å². The number of halogens is 3. The Hall–Kier alpha value is -3.61. The van der Waals surface area contributed by atoms with Crippen LogP contribution >= 0.6 is 0 Å². The summed E-state index contributed by atoms with van der Waals surface area (Å²) in [6, 6.07) is 9.29. The van der Waals surface area contributed by atoms with Gasteiger partial charge in [-0.15, -0.1) is 0 Å². The Morgan fingerprint density at radius 1 is 1.12 bits per heavy atom. The van der Waals surface area contributed by atoms with Crippen LogP contribution in [0.4, 0.5) is 30.5 Å². The number of amides is 1. The molecule has 0 spiro atoms. The van der Waals surface area contributed by atoms with Crippen LogP contribution in [0.15, 0.2) is 42.5 Å². The van der Waals surface area contributed by atoms with Gasteiger partial charge in [-0.1, -0.05) is 18.2 Å². The molecule has 13 heteroatoms. The molecule has 3 aromatic rings. The molecule has 5 N–H and O–H groups in total. The maximum absolute atomic E-state index is 12.9. The second kappa shape index (κ2) is 8.49. The van der Waals surface area contributed by atoms with Crippen molar-refractivity contribution in [2.75, 3.05) is 10.0 Å². The van der Waals surface area contributed by atoms with Crippen molar-refractivity contribution in [2.45, 2.75) is 25.3 Å². The molecule has 0 aliphatic carbocycles. The molecule has 170 valence electrons. The Morgan fingerprint density at radius 3 is 2.34 bits per heavy atom. The van der Waals surface area contributed by atoms with Gasteiger partial charge in [0.2, 0.25) is 10.0 Å². The van der Waals surface area contributed by atoms with Crippen molar-refractivity contribution in [2.24, 2.45) is 5.73 Å². The highest BCUT2D eigenvalue weighted by Gasteiger charge is 2.32. The van der Waals surface area contributed by atoms with Crippen molar-refractivity contribution in [3.8, 4) is 11.3 Å². The molecule has 2 aromatic heterocycles. The molecule has 1 amide bonds. The summed E-state index contributed by atoms with van der Waals surface area (Å²) in [6.45, 7) is 3.07. The minimum Gasteiger partial charge on any atom is -0.365 e. The smallest absolute Gasteiger partial charge is 0.365 e. The fraction of sp³-hybridized carbons (Fsp3) is 0.211. The third kappa shape index (κ3) is 4.99. The first kappa shape index (κ1) is 23.1. The zero-order chi connectivity index (χ0) is 23.7. The molecule has 2 heterocycles. The average molecular weight is 468 g/mol. The molecule has 1 aromatic carbocycles. The summed E-state index contributed by atoms with van der Waals surface area (Å²) in [6.07, 6.45) is -4.64. The molecule has 0 atom stereocenters. The van der Waals surface area contributed by atoms with Gasteiger partial charge < -0.3 is 11.1 Å². The average Bonchev–Trinajstić information content (AvgIpc) is 3.11. The maximum Gasteiger partial charge on any atom is 0.433 e. The van der Waals surface area contributed by atoms with E-state index in [0.717, 1.165) is 12.1 Å². The van der Waals surface area contributed by atoms with Gasteiger partial charge in [-0.2, -0.15) is 18.3 Å². The molecule has 0 aliphatic rings. The van der Waals surface area contributed by atoms with Gasteiger partial charge in [0.1, 0.15) is 17.1 Å². The molecule has 32 heavy (non-hydrogen) atoms. The fourth-order valence-electron chi connectivity index (χ4n) is 2.65. The fourth-order valence-corrected chi connectivity index (χ4v) is 3.35. The zero-order valence-corrected chi connectivity index (χ0v) is 17.7. The number of alkyl halides is 3. The summed E-state index contributed by atoms with van der Waals surface area (Å²) in [7, 11) is -3.54. The summed E-state index contributed by atoms with van der Waals surface area (Å²) in [5.74, 6) is -1.17. The Bertz CT molecular complexity index is 1240. The number of pyridine rings is 1. The van der Waals surface area contributed by atoms with Gasteiger partial charge in [0, 0.05) is 11.3 Å². The van der Waals surface area contributed by atoms with Crippen molar-refractivity contribution in [3.05, 3.63) is 53.7 Å².